The van der Waals surface area contributed by atoms with Gasteiger partial charge in [0.2, 0.25) is 0 Å². The highest BCUT2D eigenvalue weighted by molar-refractivity contribution is 5.94. The maximum absolute atomic E-state index is 12.0. The molecule has 0 aromatic heterocycles. The smallest absolute Gasteiger partial charge is 0.422 e. The second-order valence-electron chi connectivity index (χ2n) is 3.04. The quantitative estimate of drug-likeness (QED) is 0.891. The second kappa shape index (κ2) is 4.94. The van der Waals surface area contributed by atoms with Crippen LogP contribution in [0, 0.1) is 0 Å². The number of hydrogen-bond donors (Lipinski definition) is 1. The number of rotatable bonds is 4. The summed E-state index contributed by atoms with van der Waals surface area (Å²) in [5, 5.41) is 8.87. The zero-order valence-corrected chi connectivity index (χ0v) is 8.75. The molecular weight excluding hydrogens is 241 g/mol. The van der Waals surface area contributed by atoms with E-state index in [4.69, 9.17) is 9.84 Å². The van der Waals surface area contributed by atoms with Gasteiger partial charge in [-0.15, -0.1) is 0 Å². The molecule has 1 aromatic rings. The van der Waals surface area contributed by atoms with Crippen LogP contribution in [-0.2, 0) is 0 Å². The molecular formula is C10H9F3O4. The summed E-state index contributed by atoms with van der Waals surface area (Å²) >= 11 is 0. The molecule has 0 unspecified atom stereocenters. The predicted molar refractivity (Wildman–Crippen MR) is 51.5 cm³/mol. The fraction of sp³-hybridized carbons (Fsp3) is 0.300. The first-order valence-corrected chi connectivity index (χ1v) is 4.45. The molecule has 0 saturated carbocycles. The third-order valence-electron chi connectivity index (χ3n) is 1.81. The van der Waals surface area contributed by atoms with Crippen LogP contribution in [0.15, 0.2) is 18.2 Å². The largest absolute Gasteiger partial charge is 0.496 e. The Morgan fingerprint density at radius 1 is 1.35 bits per heavy atom. The summed E-state index contributed by atoms with van der Waals surface area (Å²) in [7, 11) is 1.22. The molecule has 7 heteroatoms. The molecule has 1 aromatic carbocycles. The third-order valence-corrected chi connectivity index (χ3v) is 1.81. The highest BCUT2D eigenvalue weighted by Crippen LogP contribution is 2.29. The van der Waals surface area contributed by atoms with E-state index in [1.165, 1.54) is 19.2 Å². The molecule has 0 heterocycles. The Bertz CT molecular complexity index is 415. The summed E-state index contributed by atoms with van der Waals surface area (Å²) in [5.41, 5.74) is -0.431. The maximum atomic E-state index is 12.0. The zero-order chi connectivity index (χ0) is 13.1. The van der Waals surface area contributed by atoms with Crippen LogP contribution in [0.25, 0.3) is 0 Å². The zero-order valence-electron chi connectivity index (χ0n) is 8.75. The summed E-state index contributed by atoms with van der Waals surface area (Å²) in [6, 6.07) is 3.80. The fourth-order valence-electron chi connectivity index (χ4n) is 1.17. The topological polar surface area (TPSA) is 55.8 Å². The number of benzene rings is 1. The predicted octanol–water partition coefficient (Wildman–Crippen LogP) is 2.33. The van der Waals surface area contributed by atoms with E-state index in [0.29, 0.717) is 0 Å². The van der Waals surface area contributed by atoms with Crippen molar-refractivity contribution in [3.8, 4) is 11.5 Å². The lowest BCUT2D eigenvalue weighted by Gasteiger charge is -2.13. The van der Waals surface area contributed by atoms with Gasteiger partial charge in [0.25, 0.3) is 0 Å². The summed E-state index contributed by atoms with van der Waals surface area (Å²) in [5.74, 6) is -1.86. The van der Waals surface area contributed by atoms with Crippen molar-refractivity contribution >= 4 is 5.97 Å². The van der Waals surface area contributed by atoms with Crippen LogP contribution in [0.1, 0.15) is 10.4 Å². The van der Waals surface area contributed by atoms with Gasteiger partial charge in [0, 0.05) is 0 Å². The van der Waals surface area contributed by atoms with Crippen LogP contribution in [-0.4, -0.2) is 31.0 Å². The van der Waals surface area contributed by atoms with Gasteiger partial charge in [-0.3, -0.25) is 0 Å². The minimum absolute atomic E-state index is 0.0582. The number of carbonyl (C=O) groups is 1. The first-order valence-electron chi connectivity index (χ1n) is 4.45. The fourth-order valence-corrected chi connectivity index (χ4v) is 1.17. The summed E-state index contributed by atoms with van der Waals surface area (Å²) in [6.45, 7) is -1.56. The Morgan fingerprint density at radius 2 is 1.94 bits per heavy atom. The van der Waals surface area contributed by atoms with E-state index >= 15 is 0 Å². The Hall–Kier alpha value is -1.92. The summed E-state index contributed by atoms with van der Waals surface area (Å²) in [4.78, 5) is 10.9. The summed E-state index contributed by atoms with van der Waals surface area (Å²) in [6.07, 6.45) is -4.53. The van der Waals surface area contributed by atoms with Crippen LogP contribution in [0.4, 0.5) is 13.2 Å². The van der Waals surface area contributed by atoms with Gasteiger partial charge in [-0.2, -0.15) is 13.2 Å². The number of carboxylic acid groups (broad SMARTS) is 1. The Balaban J connectivity index is 3.02. The number of alkyl halides is 3. The van der Waals surface area contributed by atoms with E-state index in [9.17, 15) is 18.0 Å². The highest BCUT2D eigenvalue weighted by atomic mass is 19.4. The van der Waals surface area contributed by atoms with E-state index in [1.807, 2.05) is 0 Å². The normalized spacial score (nSPS) is 11.1. The minimum atomic E-state index is -4.53. The highest BCUT2D eigenvalue weighted by Gasteiger charge is 2.29. The average Bonchev–Trinajstić information content (AvgIpc) is 2.24. The molecule has 1 N–H and O–H groups in total. The molecule has 0 amide bonds. The van der Waals surface area contributed by atoms with Crippen molar-refractivity contribution < 1.29 is 32.5 Å². The molecule has 0 fully saturated rings. The SMILES string of the molecule is COc1cccc(OCC(F)(F)F)c1C(=O)O. The lowest BCUT2D eigenvalue weighted by atomic mass is 10.2. The molecule has 1 rings (SSSR count). The molecule has 17 heavy (non-hydrogen) atoms. The van der Waals surface area contributed by atoms with Crippen LogP contribution in [0.5, 0.6) is 11.5 Å². The van der Waals surface area contributed by atoms with Crippen LogP contribution >= 0.6 is 0 Å². The number of hydrogen-bond acceptors (Lipinski definition) is 3. The molecule has 0 spiro atoms. The van der Waals surface area contributed by atoms with Gasteiger partial charge < -0.3 is 14.6 Å². The molecule has 0 aliphatic heterocycles. The van der Waals surface area contributed by atoms with Gasteiger partial charge in [0.15, 0.2) is 6.61 Å². The third kappa shape index (κ3) is 3.54. The molecule has 94 valence electrons. The Kier molecular flexibility index (Phi) is 3.82. The van der Waals surface area contributed by atoms with Gasteiger partial charge in [0.05, 0.1) is 7.11 Å². The molecule has 0 atom stereocenters. The first kappa shape index (κ1) is 13.1. The van der Waals surface area contributed by atoms with Crippen molar-refractivity contribution in [2.45, 2.75) is 6.18 Å². The number of aromatic carboxylic acids is 1. The van der Waals surface area contributed by atoms with Crippen molar-refractivity contribution in [2.75, 3.05) is 13.7 Å². The van der Waals surface area contributed by atoms with E-state index in [1.54, 1.807) is 0 Å². The minimum Gasteiger partial charge on any atom is -0.496 e. The average molecular weight is 250 g/mol. The number of methoxy groups -OCH3 is 1. The van der Waals surface area contributed by atoms with E-state index < -0.39 is 24.3 Å². The number of ether oxygens (including phenoxy) is 2. The second-order valence-corrected chi connectivity index (χ2v) is 3.04. The molecule has 0 saturated heterocycles. The van der Waals surface area contributed by atoms with E-state index in [0.717, 1.165) is 6.07 Å². The summed E-state index contributed by atoms with van der Waals surface area (Å²) < 4.78 is 45.0. The molecule has 0 radical (unpaired) electrons. The van der Waals surface area contributed by atoms with Gasteiger partial charge in [-0.25, -0.2) is 4.79 Å². The van der Waals surface area contributed by atoms with Crippen LogP contribution in [0.2, 0.25) is 0 Å². The number of carboxylic acids is 1. The first-order chi connectivity index (χ1) is 7.85. The number of halogens is 3. The standard InChI is InChI=1S/C10H9F3O4/c1-16-6-3-2-4-7(8(6)9(14)15)17-5-10(11,12)13/h2-4H,5H2,1H3,(H,14,15). The molecule has 4 nitrogen and oxygen atoms in total. The Labute approximate surface area is 94.6 Å². The van der Waals surface area contributed by atoms with E-state index in [2.05, 4.69) is 4.74 Å². The van der Waals surface area contributed by atoms with Crippen molar-refractivity contribution in [1.82, 2.24) is 0 Å². The van der Waals surface area contributed by atoms with Crippen molar-refractivity contribution in [1.29, 1.82) is 0 Å². The lowest BCUT2D eigenvalue weighted by molar-refractivity contribution is -0.153. The lowest BCUT2D eigenvalue weighted by Crippen LogP contribution is -2.20. The van der Waals surface area contributed by atoms with Gasteiger partial charge >= 0.3 is 12.1 Å². The van der Waals surface area contributed by atoms with Gasteiger partial charge in [0.1, 0.15) is 17.1 Å². The van der Waals surface area contributed by atoms with Crippen LogP contribution < -0.4 is 9.47 Å². The van der Waals surface area contributed by atoms with Gasteiger partial charge in [-0.05, 0) is 12.1 Å². The van der Waals surface area contributed by atoms with Gasteiger partial charge in [-0.1, -0.05) is 6.07 Å². The van der Waals surface area contributed by atoms with Crippen molar-refractivity contribution in [3.05, 3.63) is 23.8 Å². The maximum Gasteiger partial charge on any atom is 0.422 e. The monoisotopic (exact) mass is 250 g/mol. The van der Waals surface area contributed by atoms with Crippen molar-refractivity contribution in [3.63, 3.8) is 0 Å². The van der Waals surface area contributed by atoms with Crippen LogP contribution in [0.3, 0.4) is 0 Å². The van der Waals surface area contributed by atoms with E-state index in [-0.39, 0.29) is 11.5 Å². The molecule has 0 bridgehead atoms. The molecule has 0 aliphatic carbocycles. The van der Waals surface area contributed by atoms with Crippen molar-refractivity contribution in [2.24, 2.45) is 0 Å². The molecule has 0 aliphatic rings. The Morgan fingerprint density at radius 3 is 2.41 bits per heavy atom.